The van der Waals surface area contributed by atoms with Crippen molar-refractivity contribution in [3.8, 4) is 11.6 Å². The molecular formula is C28H29F4N3O6S. The van der Waals surface area contributed by atoms with E-state index in [4.69, 9.17) is 14.2 Å². The van der Waals surface area contributed by atoms with E-state index < -0.39 is 45.2 Å². The van der Waals surface area contributed by atoms with Crippen molar-refractivity contribution in [3.63, 3.8) is 0 Å². The van der Waals surface area contributed by atoms with E-state index in [1.807, 2.05) is 0 Å². The van der Waals surface area contributed by atoms with Gasteiger partial charge in [0, 0.05) is 24.7 Å². The highest BCUT2D eigenvalue weighted by molar-refractivity contribution is 7.93. The minimum Gasteiger partial charge on any atom is -0.486 e. The Morgan fingerprint density at radius 3 is 2.62 bits per heavy atom. The third kappa shape index (κ3) is 6.53. The summed E-state index contributed by atoms with van der Waals surface area (Å²) in [4.78, 5) is 11.6. The van der Waals surface area contributed by atoms with Gasteiger partial charge in [-0.2, -0.15) is 13.2 Å². The van der Waals surface area contributed by atoms with Gasteiger partial charge >= 0.3 is 12.1 Å². The summed E-state index contributed by atoms with van der Waals surface area (Å²) in [6.45, 7) is 3.82. The number of hydrogen-bond acceptors (Lipinski definition) is 7. The highest BCUT2D eigenvalue weighted by atomic mass is 32.2. The molecule has 0 aliphatic carbocycles. The van der Waals surface area contributed by atoms with Gasteiger partial charge in [0.2, 0.25) is 0 Å². The van der Waals surface area contributed by atoms with Gasteiger partial charge in [0.05, 0.1) is 31.5 Å². The monoisotopic (exact) mass is 611 g/mol. The van der Waals surface area contributed by atoms with Crippen LogP contribution in [0.4, 0.5) is 23.2 Å². The predicted octanol–water partition coefficient (Wildman–Crippen LogP) is 5.54. The lowest BCUT2D eigenvalue weighted by molar-refractivity contribution is -0.141. The topological polar surface area (TPSA) is 100.0 Å². The third-order valence-electron chi connectivity index (χ3n) is 6.48. The Bertz CT molecular complexity index is 1590. The van der Waals surface area contributed by atoms with Crippen LogP contribution < -0.4 is 13.8 Å². The zero-order chi connectivity index (χ0) is 30.7. The summed E-state index contributed by atoms with van der Waals surface area (Å²) in [7, 11) is -3.07. The minimum absolute atomic E-state index is 0.0205. The Hall–Kier alpha value is -4.07. The van der Waals surface area contributed by atoms with Gasteiger partial charge in [-0.15, -0.1) is 5.10 Å². The molecule has 226 valence electrons. The van der Waals surface area contributed by atoms with E-state index in [1.165, 1.54) is 42.3 Å². The summed E-state index contributed by atoms with van der Waals surface area (Å²) >= 11 is 0. The average Bonchev–Trinajstić information content (AvgIpc) is 3.38. The molecule has 1 atom stereocenters. The van der Waals surface area contributed by atoms with Crippen molar-refractivity contribution in [3.05, 3.63) is 65.1 Å². The number of sulfonamides is 1. The third-order valence-corrected chi connectivity index (χ3v) is 8.24. The van der Waals surface area contributed by atoms with Crippen molar-refractivity contribution in [2.45, 2.75) is 50.4 Å². The first kappa shape index (κ1) is 30.9. The van der Waals surface area contributed by atoms with E-state index in [0.717, 1.165) is 28.6 Å². The first-order valence-electron chi connectivity index (χ1n) is 13.0. The molecule has 0 unspecified atom stereocenters. The van der Waals surface area contributed by atoms with Crippen LogP contribution in [0.2, 0.25) is 0 Å². The quantitative estimate of drug-likeness (QED) is 0.169. The van der Waals surface area contributed by atoms with Crippen molar-refractivity contribution in [1.29, 1.82) is 0 Å². The number of methoxy groups -OCH3 is 1. The molecule has 2 aromatic carbocycles. The number of benzene rings is 2. The molecule has 0 bridgehead atoms. The van der Waals surface area contributed by atoms with E-state index in [9.17, 15) is 30.8 Å². The van der Waals surface area contributed by atoms with Crippen molar-refractivity contribution in [1.82, 2.24) is 9.78 Å². The summed E-state index contributed by atoms with van der Waals surface area (Å²) in [5, 5.41) is 4.20. The van der Waals surface area contributed by atoms with Gasteiger partial charge in [-0.25, -0.2) is 12.8 Å². The SMILES string of the molecule is CCOc1nn(CC)cc1S(=O)(=O)N1C[C@H](CCC(=O)OC)Oc2ccc(/C=C/c3c(F)cccc3C(F)(F)F)cc21. The van der Waals surface area contributed by atoms with Gasteiger partial charge in [0.1, 0.15) is 17.7 Å². The summed E-state index contributed by atoms with van der Waals surface area (Å²) in [6.07, 6.45) is -1.79. The first-order valence-corrected chi connectivity index (χ1v) is 14.5. The van der Waals surface area contributed by atoms with Gasteiger partial charge in [-0.1, -0.05) is 24.3 Å². The minimum atomic E-state index is -4.78. The van der Waals surface area contributed by atoms with Crippen LogP contribution in [0.1, 0.15) is 43.4 Å². The Balaban J connectivity index is 1.78. The number of carbonyl (C=O) groups is 1. The molecular weight excluding hydrogens is 582 g/mol. The highest BCUT2D eigenvalue weighted by Crippen LogP contribution is 2.41. The number of aromatic nitrogens is 2. The number of rotatable bonds is 10. The average molecular weight is 612 g/mol. The standard InChI is InChI=1S/C28H29F4N3O6S/c1-4-34-17-25(27(33-34)40-5-2)42(37,38)35-16-19(11-14-26(36)39-3)41-24-13-10-18(15-23(24)35)9-12-20-21(28(30,31)32)7-6-8-22(20)29/h6-10,12-13,15,17,19H,4-5,11,14,16H2,1-3H3/b12-9+/t19-/m0/s1. The number of anilines is 1. The predicted molar refractivity (Wildman–Crippen MR) is 146 cm³/mol. The van der Waals surface area contributed by atoms with Crippen molar-refractivity contribution in [2.75, 3.05) is 24.6 Å². The molecule has 0 saturated carbocycles. The second-order valence-electron chi connectivity index (χ2n) is 9.24. The summed E-state index contributed by atoms with van der Waals surface area (Å²) in [6, 6.07) is 7.05. The number of carbonyl (C=O) groups excluding carboxylic acids is 1. The lowest BCUT2D eigenvalue weighted by atomic mass is 10.0. The number of halogens is 4. The van der Waals surface area contributed by atoms with Crippen LogP contribution in [0.15, 0.2) is 47.5 Å². The molecule has 0 N–H and O–H groups in total. The number of fused-ring (bicyclic) bond motifs is 1. The van der Waals surface area contributed by atoms with Gasteiger partial charge in [0.25, 0.3) is 15.9 Å². The maximum atomic E-state index is 14.4. The van der Waals surface area contributed by atoms with Gasteiger partial charge in [0.15, 0.2) is 4.90 Å². The van der Waals surface area contributed by atoms with Crippen LogP contribution in [0.25, 0.3) is 12.2 Å². The Morgan fingerprint density at radius 1 is 1.19 bits per heavy atom. The van der Waals surface area contributed by atoms with Crippen LogP contribution >= 0.6 is 0 Å². The van der Waals surface area contributed by atoms with Gasteiger partial charge in [-0.3, -0.25) is 13.8 Å². The molecule has 0 spiro atoms. The fraction of sp³-hybridized carbons (Fsp3) is 0.357. The van der Waals surface area contributed by atoms with E-state index >= 15 is 0 Å². The van der Waals surface area contributed by atoms with E-state index in [2.05, 4.69) is 5.10 Å². The molecule has 0 saturated heterocycles. The largest absolute Gasteiger partial charge is 0.486 e. The number of nitrogens with zero attached hydrogens (tertiary/aromatic N) is 3. The second kappa shape index (κ2) is 12.4. The lowest BCUT2D eigenvalue weighted by Gasteiger charge is -2.35. The van der Waals surface area contributed by atoms with Crippen LogP contribution in [-0.2, 0) is 32.3 Å². The van der Waals surface area contributed by atoms with Gasteiger partial charge < -0.3 is 14.2 Å². The Labute approximate surface area is 240 Å². The molecule has 42 heavy (non-hydrogen) atoms. The molecule has 1 aliphatic heterocycles. The first-order chi connectivity index (χ1) is 19.9. The molecule has 1 aromatic heterocycles. The fourth-order valence-electron chi connectivity index (χ4n) is 4.40. The van der Waals surface area contributed by atoms with Crippen LogP contribution in [-0.4, -0.2) is 50.5 Å². The van der Waals surface area contributed by atoms with E-state index in [0.29, 0.717) is 6.54 Å². The highest BCUT2D eigenvalue weighted by Gasteiger charge is 2.38. The zero-order valence-corrected chi connectivity index (χ0v) is 23.8. The second-order valence-corrected chi connectivity index (χ2v) is 11.1. The Kier molecular flexibility index (Phi) is 9.14. The zero-order valence-electron chi connectivity index (χ0n) is 23.0. The van der Waals surface area contributed by atoms with E-state index in [-0.39, 0.29) is 53.8 Å². The molecule has 3 aromatic rings. The smallest absolute Gasteiger partial charge is 0.417 e. The number of hydrogen-bond donors (Lipinski definition) is 0. The number of ether oxygens (including phenoxy) is 3. The molecule has 0 amide bonds. The van der Waals surface area contributed by atoms with Crippen molar-refractivity contribution < 1.29 is 45.0 Å². The molecule has 0 fully saturated rings. The van der Waals surface area contributed by atoms with Gasteiger partial charge in [-0.05, 0) is 50.1 Å². The molecule has 0 radical (unpaired) electrons. The Morgan fingerprint density at radius 2 is 1.95 bits per heavy atom. The maximum absolute atomic E-state index is 14.4. The summed E-state index contributed by atoms with van der Waals surface area (Å²) < 4.78 is 102. The number of aryl methyl sites for hydroxylation is 1. The number of esters is 1. The molecule has 1 aliphatic rings. The van der Waals surface area contributed by atoms with E-state index in [1.54, 1.807) is 13.8 Å². The maximum Gasteiger partial charge on any atom is 0.417 e. The van der Waals surface area contributed by atoms with Crippen molar-refractivity contribution >= 4 is 33.8 Å². The van der Waals surface area contributed by atoms with Crippen LogP contribution in [0, 0.1) is 5.82 Å². The summed E-state index contributed by atoms with van der Waals surface area (Å²) in [5.41, 5.74) is -1.41. The molecule has 2 heterocycles. The molecule has 4 rings (SSSR count). The van der Waals surface area contributed by atoms with Crippen LogP contribution in [0.5, 0.6) is 11.6 Å². The molecule has 9 nitrogen and oxygen atoms in total. The van der Waals surface area contributed by atoms with Crippen LogP contribution in [0.3, 0.4) is 0 Å². The number of alkyl halides is 3. The normalized spacial score (nSPS) is 15.4. The fourth-order valence-corrected chi connectivity index (χ4v) is 5.98. The summed E-state index contributed by atoms with van der Waals surface area (Å²) in [5.74, 6) is -1.47. The molecule has 14 heteroatoms. The lowest BCUT2D eigenvalue weighted by Crippen LogP contribution is -2.43. The van der Waals surface area contributed by atoms with Crippen molar-refractivity contribution in [2.24, 2.45) is 0 Å².